The van der Waals surface area contributed by atoms with E-state index >= 15 is 0 Å². The molecule has 1 aromatic heterocycles. The Balaban J connectivity index is 2.23. The molecule has 0 saturated carbocycles. The second kappa shape index (κ2) is 5.15. The van der Waals surface area contributed by atoms with Gasteiger partial charge in [0.1, 0.15) is 23.5 Å². The summed E-state index contributed by atoms with van der Waals surface area (Å²) in [6, 6.07) is 2.08. The number of aromatic nitrogens is 2. The molecule has 19 heavy (non-hydrogen) atoms. The molecule has 1 heterocycles. The maximum atomic E-state index is 13.5. The van der Waals surface area contributed by atoms with E-state index in [4.69, 9.17) is 10.8 Å². The lowest BCUT2D eigenvalue weighted by molar-refractivity contribution is -0.138. The fourth-order valence-corrected chi connectivity index (χ4v) is 1.61. The first kappa shape index (κ1) is 13.2. The Kier molecular flexibility index (Phi) is 3.57. The summed E-state index contributed by atoms with van der Waals surface area (Å²) in [4.78, 5) is 17.3. The first-order valence-electron chi connectivity index (χ1n) is 5.45. The summed E-state index contributed by atoms with van der Waals surface area (Å²) < 4.78 is 26.3. The molecule has 0 spiro atoms. The van der Waals surface area contributed by atoms with Crippen LogP contribution in [0.25, 0.3) is 11.3 Å². The van der Waals surface area contributed by atoms with Gasteiger partial charge in [-0.05, 0) is 12.1 Å². The number of nitrogens with two attached hydrogens (primary N) is 1. The maximum Gasteiger partial charge on any atom is 0.320 e. The van der Waals surface area contributed by atoms with Crippen molar-refractivity contribution < 1.29 is 18.7 Å². The molecule has 0 radical (unpaired) electrons. The molecule has 0 aliphatic carbocycles. The largest absolute Gasteiger partial charge is 0.480 e. The first-order chi connectivity index (χ1) is 8.97. The second-order valence-corrected chi connectivity index (χ2v) is 4.02. The highest BCUT2D eigenvalue weighted by molar-refractivity contribution is 5.73. The van der Waals surface area contributed by atoms with Gasteiger partial charge in [0, 0.05) is 18.1 Å². The van der Waals surface area contributed by atoms with E-state index in [1.54, 1.807) is 0 Å². The Hall–Kier alpha value is -2.28. The van der Waals surface area contributed by atoms with E-state index in [1.165, 1.54) is 12.3 Å². The molecule has 2 rings (SSSR count). The van der Waals surface area contributed by atoms with Crippen LogP contribution in [0, 0.1) is 11.6 Å². The van der Waals surface area contributed by atoms with Crippen molar-refractivity contribution in [3.8, 4) is 11.3 Å². The van der Waals surface area contributed by atoms with Crippen LogP contribution in [0.3, 0.4) is 0 Å². The third-order valence-corrected chi connectivity index (χ3v) is 2.58. The number of halogens is 2. The Morgan fingerprint density at radius 2 is 2.21 bits per heavy atom. The molecule has 1 unspecified atom stereocenters. The van der Waals surface area contributed by atoms with Crippen molar-refractivity contribution in [2.75, 3.05) is 0 Å². The van der Waals surface area contributed by atoms with Crippen molar-refractivity contribution in [2.45, 2.75) is 12.5 Å². The fourth-order valence-electron chi connectivity index (χ4n) is 1.61. The van der Waals surface area contributed by atoms with Gasteiger partial charge in [-0.2, -0.15) is 0 Å². The number of hydrogen-bond donors (Lipinski definition) is 3. The standard InChI is InChI=1S/C12H11F2N3O2/c13-6-1-2-7(8(14)3-6)10-5-16-11(17-10)4-9(15)12(18)19/h1-3,5,9H,4,15H2,(H,16,17)(H,18,19). The monoisotopic (exact) mass is 267 g/mol. The van der Waals surface area contributed by atoms with Crippen LogP contribution in [0.15, 0.2) is 24.4 Å². The minimum atomic E-state index is -1.15. The normalized spacial score (nSPS) is 12.4. The molecular formula is C12H11F2N3O2. The van der Waals surface area contributed by atoms with Crippen molar-refractivity contribution in [3.63, 3.8) is 0 Å². The summed E-state index contributed by atoms with van der Waals surface area (Å²) in [5.74, 6) is -2.22. The molecule has 7 heteroatoms. The number of carbonyl (C=O) groups is 1. The molecule has 2 aromatic rings. The summed E-state index contributed by atoms with van der Waals surface area (Å²) in [5, 5.41) is 8.67. The van der Waals surface area contributed by atoms with Crippen LogP contribution >= 0.6 is 0 Å². The minimum Gasteiger partial charge on any atom is -0.480 e. The molecule has 0 bridgehead atoms. The van der Waals surface area contributed by atoms with Crippen LogP contribution in [0.2, 0.25) is 0 Å². The zero-order chi connectivity index (χ0) is 14.0. The molecule has 0 aliphatic rings. The van der Waals surface area contributed by atoms with Gasteiger partial charge in [0.15, 0.2) is 0 Å². The van der Waals surface area contributed by atoms with Gasteiger partial charge < -0.3 is 15.8 Å². The quantitative estimate of drug-likeness (QED) is 0.778. The summed E-state index contributed by atoms with van der Waals surface area (Å²) in [6.45, 7) is 0. The fraction of sp³-hybridized carbons (Fsp3) is 0.167. The minimum absolute atomic E-state index is 0.00184. The lowest BCUT2D eigenvalue weighted by Gasteiger charge is -2.03. The Labute approximate surface area is 107 Å². The molecule has 0 fully saturated rings. The van der Waals surface area contributed by atoms with Crippen LogP contribution in [0.1, 0.15) is 5.82 Å². The molecule has 1 aromatic carbocycles. The maximum absolute atomic E-state index is 13.5. The predicted octanol–water partition coefficient (Wildman–Crippen LogP) is 1.31. The number of aliphatic carboxylic acids is 1. The highest BCUT2D eigenvalue weighted by Crippen LogP contribution is 2.21. The molecule has 5 nitrogen and oxygen atoms in total. The van der Waals surface area contributed by atoms with Crippen molar-refractivity contribution in [1.82, 2.24) is 9.97 Å². The van der Waals surface area contributed by atoms with E-state index in [2.05, 4.69) is 9.97 Å². The van der Waals surface area contributed by atoms with E-state index in [1.807, 2.05) is 0 Å². The topological polar surface area (TPSA) is 92.0 Å². The summed E-state index contributed by atoms with van der Waals surface area (Å²) in [7, 11) is 0. The highest BCUT2D eigenvalue weighted by Gasteiger charge is 2.15. The van der Waals surface area contributed by atoms with E-state index in [0.29, 0.717) is 11.5 Å². The zero-order valence-corrected chi connectivity index (χ0v) is 9.73. The van der Waals surface area contributed by atoms with Gasteiger partial charge in [-0.1, -0.05) is 0 Å². The van der Waals surface area contributed by atoms with Gasteiger partial charge in [0.05, 0.1) is 11.9 Å². The molecule has 0 amide bonds. The van der Waals surface area contributed by atoms with Gasteiger partial charge in [0.25, 0.3) is 0 Å². The van der Waals surface area contributed by atoms with Crippen LogP contribution in [0.5, 0.6) is 0 Å². The Morgan fingerprint density at radius 1 is 1.47 bits per heavy atom. The number of hydrogen-bond acceptors (Lipinski definition) is 3. The third-order valence-electron chi connectivity index (χ3n) is 2.58. The molecular weight excluding hydrogens is 256 g/mol. The number of carboxylic acids is 1. The molecule has 0 saturated heterocycles. The number of carboxylic acid groups (broad SMARTS) is 1. The van der Waals surface area contributed by atoms with Gasteiger partial charge in [-0.3, -0.25) is 4.79 Å². The molecule has 0 aliphatic heterocycles. The van der Waals surface area contributed by atoms with Crippen LogP contribution in [0.4, 0.5) is 8.78 Å². The molecule has 1 atom stereocenters. The van der Waals surface area contributed by atoms with Crippen molar-refractivity contribution in [1.29, 1.82) is 0 Å². The molecule has 4 N–H and O–H groups in total. The zero-order valence-electron chi connectivity index (χ0n) is 9.73. The smallest absolute Gasteiger partial charge is 0.320 e. The van der Waals surface area contributed by atoms with E-state index in [0.717, 1.165) is 12.1 Å². The van der Waals surface area contributed by atoms with Crippen LogP contribution < -0.4 is 5.73 Å². The van der Waals surface area contributed by atoms with Crippen LogP contribution in [-0.2, 0) is 11.2 Å². The van der Waals surface area contributed by atoms with E-state index < -0.39 is 23.6 Å². The highest BCUT2D eigenvalue weighted by atomic mass is 19.1. The summed E-state index contributed by atoms with van der Waals surface area (Å²) >= 11 is 0. The van der Waals surface area contributed by atoms with E-state index in [9.17, 15) is 13.6 Å². The molecule has 100 valence electrons. The van der Waals surface area contributed by atoms with Gasteiger partial charge in [-0.25, -0.2) is 13.8 Å². The number of aromatic amines is 1. The number of H-pyrrole nitrogens is 1. The average molecular weight is 267 g/mol. The lowest BCUT2D eigenvalue weighted by Crippen LogP contribution is -2.32. The Bertz CT molecular complexity index is 613. The predicted molar refractivity (Wildman–Crippen MR) is 63.3 cm³/mol. The first-order valence-corrected chi connectivity index (χ1v) is 5.45. The third kappa shape index (κ3) is 2.94. The number of nitrogens with one attached hydrogen (secondary N) is 1. The number of rotatable bonds is 4. The average Bonchev–Trinajstić information content (AvgIpc) is 2.77. The number of nitrogens with zero attached hydrogens (tertiary/aromatic N) is 1. The van der Waals surface area contributed by atoms with Crippen LogP contribution in [-0.4, -0.2) is 27.1 Å². The summed E-state index contributed by atoms with van der Waals surface area (Å²) in [6.07, 6.45) is 1.35. The van der Waals surface area contributed by atoms with Crippen molar-refractivity contribution >= 4 is 5.97 Å². The second-order valence-electron chi connectivity index (χ2n) is 4.02. The van der Waals surface area contributed by atoms with Gasteiger partial charge >= 0.3 is 5.97 Å². The van der Waals surface area contributed by atoms with Crippen molar-refractivity contribution in [2.24, 2.45) is 5.73 Å². The lowest BCUT2D eigenvalue weighted by atomic mass is 10.1. The van der Waals surface area contributed by atoms with Gasteiger partial charge in [-0.15, -0.1) is 0 Å². The van der Waals surface area contributed by atoms with Gasteiger partial charge in [0.2, 0.25) is 0 Å². The number of imidazole rings is 1. The van der Waals surface area contributed by atoms with E-state index in [-0.39, 0.29) is 12.0 Å². The number of benzene rings is 1. The Morgan fingerprint density at radius 3 is 2.84 bits per heavy atom. The van der Waals surface area contributed by atoms with Crippen molar-refractivity contribution in [3.05, 3.63) is 41.9 Å². The SMILES string of the molecule is NC(Cc1ncc(-c2ccc(F)cc2F)[nH]1)C(=O)O. The summed E-state index contributed by atoms with van der Waals surface area (Å²) in [5.41, 5.74) is 5.86.